The average molecular weight is 287 g/mol. The zero-order valence-electron chi connectivity index (χ0n) is 12.0. The molecule has 0 saturated heterocycles. The fourth-order valence-electron chi connectivity index (χ4n) is 2.15. The van der Waals surface area contributed by atoms with E-state index in [4.69, 9.17) is 4.74 Å². The van der Waals surface area contributed by atoms with Crippen LogP contribution in [0.4, 0.5) is 0 Å². The molecule has 3 aromatic rings. The minimum atomic E-state index is -0.464. The minimum absolute atomic E-state index is 0.263. The van der Waals surface area contributed by atoms with Crippen LogP contribution in [0, 0.1) is 11.8 Å². The zero-order chi connectivity index (χ0) is 15.4. The lowest BCUT2D eigenvalue weighted by Gasteiger charge is -2.04. The van der Waals surface area contributed by atoms with E-state index in [9.17, 15) is 4.79 Å². The van der Waals surface area contributed by atoms with Gasteiger partial charge in [0.2, 0.25) is 0 Å². The molecule has 0 fully saturated rings. The number of fused-ring (bicyclic) bond motifs is 1. The van der Waals surface area contributed by atoms with Gasteiger partial charge in [0.05, 0.1) is 12.6 Å². The fraction of sp³-hybridized carbons (Fsp3) is 0.0526. The van der Waals surface area contributed by atoms with Gasteiger partial charge in [0.25, 0.3) is 0 Å². The van der Waals surface area contributed by atoms with Gasteiger partial charge >= 0.3 is 5.97 Å². The van der Waals surface area contributed by atoms with Crippen molar-refractivity contribution in [2.75, 3.05) is 7.11 Å². The molecule has 0 atom stereocenters. The van der Waals surface area contributed by atoms with Crippen molar-refractivity contribution in [2.45, 2.75) is 0 Å². The molecule has 0 spiro atoms. The van der Waals surface area contributed by atoms with Crippen LogP contribution < -0.4 is 0 Å². The van der Waals surface area contributed by atoms with Crippen LogP contribution in [0.25, 0.3) is 10.9 Å². The Bertz CT molecular complexity index is 889. The van der Waals surface area contributed by atoms with Gasteiger partial charge in [-0.25, -0.2) is 9.78 Å². The molecule has 3 rings (SSSR count). The van der Waals surface area contributed by atoms with Crippen molar-refractivity contribution >= 4 is 16.9 Å². The maximum absolute atomic E-state index is 11.8. The fourth-order valence-corrected chi connectivity index (χ4v) is 2.15. The second-order valence-electron chi connectivity index (χ2n) is 4.68. The standard InChI is InChI=1S/C19H13NO2/c1-22-19(21)18-13-15(12-11-14-7-3-2-4-8-14)16-9-5-6-10-17(16)20-18/h2-10,13H,1H3. The molecule has 1 heterocycles. The molecular weight excluding hydrogens is 274 g/mol. The largest absolute Gasteiger partial charge is 0.464 e. The van der Waals surface area contributed by atoms with E-state index in [0.717, 1.165) is 22.0 Å². The number of rotatable bonds is 1. The molecule has 0 bridgehead atoms. The van der Waals surface area contributed by atoms with Crippen LogP contribution in [0.1, 0.15) is 21.6 Å². The highest BCUT2D eigenvalue weighted by Crippen LogP contribution is 2.18. The first kappa shape index (κ1) is 13.8. The van der Waals surface area contributed by atoms with Crippen molar-refractivity contribution in [2.24, 2.45) is 0 Å². The molecule has 2 aromatic carbocycles. The number of benzene rings is 2. The number of aromatic nitrogens is 1. The summed E-state index contributed by atoms with van der Waals surface area (Å²) in [4.78, 5) is 16.1. The van der Waals surface area contributed by atoms with Gasteiger partial charge < -0.3 is 4.74 Å². The number of pyridine rings is 1. The maximum atomic E-state index is 11.8. The molecule has 0 saturated carbocycles. The van der Waals surface area contributed by atoms with Crippen molar-refractivity contribution in [1.82, 2.24) is 4.98 Å². The third kappa shape index (κ3) is 2.82. The van der Waals surface area contributed by atoms with Crippen molar-refractivity contribution in [3.63, 3.8) is 0 Å². The monoisotopic (exact) mass is 287 g/mol. The third-order valence-corrected chi connectivity index (χ3v) is 3.23. The van der Waals surface area contributed by atoms with E-state index in [1.54, 1.807) is 6.07 Å². The van der Waals surface area contributed by atoms with Crippen molar-refractivity contribution in [1.29, 1.82) is 0 Å². The maximum Gasteiger partial charge on any atom is 0.356 e. The van der Waals surface area contributed by atoms with Gasteiger partial charge in [-0.15, -0.1) is 0 Å². The number of hydrogen-bond donors (Lipinski definition) is 0. The molecule has 0 aliphatic carbocycles. The Morgan fingerprint density at radius 3 is 2.50 bits per heavy atom. The van der Waals surface area contributed by atoms with E-state index < -0.39 is 5.97 Å². The molecule has 0 N–H and O–H groups in total. The second-order valence-corrected chi connectivity index (χ2v) is 4.68. The predicted molar refractivity (Wildman–Crippen MR) is 85.5 cm³/mol. The summed E-state index contributed by atoms with van der Waals surface area (Å²) in [5.41, 5.74) is 2.67. The molecule has 0 aliphatic rings. The van der Waals surface area contributed by atoms with Crippen molar-refractivity contribution < 1.29 is 9.53 Å². The number of hydrogen-bond acceptors (Lipinski definition) is 3. The smallest absolute Gasteiger partial charge is 0.356 e. The van der Waals surface area contributed by atoms with Crippen LogP contribution in [-0.4, -0.2) is 18.1 Å². The number of ether oxygens (including phenoxy) is 1. The number of methoxy groups -OCH3 is 1. The van der Waals surface area contributed by atoms with E-state index in [1.807, 2.05) is 54.6 Å². The number of esters is 1. The number of nitrogens with zero attached hydrogens (tertiary/aromatic N) is 1. The Kier molecular flexibility index (Phi) is 3.84. The Morgan fingerprint density at radius 2 is 1.73 bits per heavy atom. The first-order chi connectivity index (χ1) is 10.8. The minimum Gasteiger partial charge on any atom is -0.464 e. The number of carbonyl (C=O) groups is 1. The van der Waals surface area contributed by atoms with E-state index in [-0.39, 0.29) is 5.69 Å². The summed E-state index contributed by atoms with van der Waals surface area (Å²) in [5.74, 6) is 5.77. The normalized spacial score (nSPS) is 9.86. The number of carbonyl (C=O) groups excluding carboxylic acids is 1. The van der Waals surface area contributed by atoms with Crippen molar-refractivity contribution in [3.05, 3.63) is 77.5 Å². The summed E-state index contributed by atoms with van der Waals surface area (Å²) >= 11 is 0. The van der Waals surface area contributed by atoms with E-state index in [2.05, 4.69) is 16.8 Å². The lowest BCUT2D eigenvalue weighted by Crippen LogP contribution is -2.05. The predicted octanol–water partition coefficient (Wildman–Crippen LogP) is 3.42. The summed E-state index contributed by atoms with van der Waals surface area (Å²) in [6.45, 7) is 0. The molecule has 3 heteroatoms. The first-order valence-electron chi connectivity index (χ1n) is 6.83. The van der Waals surface area contributed by atoms with E-state index >= 15 is 0 Å². The molecule has 0 amide bonds. The van der Waals surface area contributed by atoms with Gasteiger partial charge in [0.1, 0.15) is 5.69 Å². The van der Waals surface area contributed by atoms with Gasteiger partial charge in [-0.05, 0) is 24.3 Å². The summed E-state index contributed by atoms with van der Waals surface area (Å²) in [5, 5.41) is 0.915. The summed E-state index contributed by atoms with van der Waals surface area (Å²) < 4.78 is 4.75. The quantitative estimate of drug-likeness (QED) is 0.508. The summed E-state index contributed by atoms with van der Waals surface area (Å²) in [6.07, 6.45) is 0. The van der Waals surface area contributed by atoms with Gasteiger partial charge in [0, 0.05) is 16.5 Å². The molecule has 0 unspecified atom stereocenters. The number of para-hydroxylation sites is 1. The topological polar surface area (TPSA) is 39.2 Å². The molecular formula is C19H13NO2. The lowest BCUT2D eigenvalue weighted by molar-refractivity contribution is 0.0594. The highest BCUT2D eigenvalue weighted by Gasteiger charge is 2.11. The lowest BCUT2D eigenvalue weighted by atomic mass is 10.1. The van der Waals surface area contributed by atoms with E-state index in [1.165, 1.54) is 7.11 Å². The Morgan fingerprint density at radius 1 is 1.00 bits per heavy atom. The third-order valence-electron chi connectivity index (χ3n) is 3.23. The zero-order valence-corrected chi connectivity index (χ0v) is 12.0. The van der Waals surface area contributed by atoms with Gasteiger partial charge in [-0.3, -0.25) is 0 Å². The van der Waals surface area contributed by atoms with Crippen LogP contribution in [-0.2, 0) is 4.74 Å². The highest BCUT2D eigenvalue weighted by atomic mass is 16.5. The second kappa shape index (κ2) is 6.11. The van der Waals surface area contributed by atoms with Crippen LogP contribution in [0.15, 0.2) is 60.7 Å². The molecule has 22 heavy (non-hydrogen) atoms. The van der Waals surface area contributed by atoms with Crippen molar-refractivity contribution in [3.8, 4) is 11.8 Å². The van der Waals surface area contributed by atoms with Gasteiger partial charge in [0.15, 0.2) is 0 Å². The molecule has 1 aromatic heterocycles. The Labute approximate surface area is 128 Å². The van der Waals surface area contributed by atoms with E-state index in [0.29, 0.717) is 0 Å². The van der Waals surface area contributed by atoms with Crippen LogP contribution in [0.3, 0.4) is 0 Å². The van der Waals surface area contributed by atoms with Gasteiger partial charge in [-0.2, -0.15) is 0 Å². The molecule has 0 aliphatic heterocycles. The molecule has 0 radical (unpaired) electrons. The SMILES string of the molecule is COC(=O)c1cc(C#Cc2ccccc2)c2ccccc2n1. The highest BCUT2D eigenvalue weighted by molar-refractivity contribution is 5.93. The Balaban J connectivity index is 2.15. The summed E-state index contributed by atoms with van der Waals surface area (Å²) in [6, 6.07) is 19.0. The molecule has 3 nitrogen and oxygen atoms in total. The van der Waals surface area contributed by atoms with Crippen LogP contribution in [0.5, 0.6) is 0 Å². The van der Waals surface area contributed by atoms with Crippen LogP contribution in [0.2, 0.25) is 0 Å². The van der Waals surface area contributed by atoms with Gasteiger partial charge in [-0.1, -0.05) is 48.2 Å². The molecule has 106 valence electrons. The van der Waals surface area contributed by atoms with Crippen LogP contribution >= 0.6 is 0 Å². The summed E-state index contributed by atoms with van der Waals surface area (Å²) in [7, 11) is 1.34. The average Bonchev–Trinajstić information content (AvgIpc) is 2.59. The Hall–Kier alpha value is -3.12. The first-order valence-corrected chi connectivity index (χ1v) is 6.83.